The van der Waals surface area contributed by atoms with E-state index in [-0.39, 0.29) is 68.1 Å². The fraction of sp³-hybridized carbons (Fsp3) is 0.812. The number of nitrogens with one attached hydrogen (secondary N) is 1. The van der Waals surface area contributed by atoms with Gasteiger partial charge in [-0.1, -0.05) is 54.5 Å². The average Bonchev–Trinajstić information content (AvgIpc) is 2.78. The summed E-state index contributed by atoms with van der Waals surface area (Å²) in [5, 5.41) is 13.3. The summed E-state index contributed by atoms with van der Waals surface area (Å²) in [6.45, 7) is 17.3. The van der Waals surface area contributed by atoms with Crippen LogP contribution < -0.4 is 5.32 Å². The minimum absolute atomic E-state index is 0.0111. The van der Waals surface area contributed by atoms with Gasteiger partial charge in [-0.05, 0) is 84.4 Å². The number of ketones is 2. The molecule has 0 aromatic rings. The fourth-order valence-electron chi connectivity index (χ4n) is 10.9. The third-order valence-corrected chi connectivity index (χ3v) is 12.9. The van der Waals surface area contributed by atoms with Crippen molar-refractivity contribution >= 4 is 17.5 Å². The lowest BCUT2D eigenvalue weighted by molar-refractivity contribution is -0.215. The van der Waals surface area contributed by atoms with E-state index >= 15 is 0 Å². The summed E-state index contributed by atoms with van der Waals surface area (Å²) < 4.78 is 0. The maximum Gasteiger partial charge on any atom is 0.217 e. The highest BCUT2D eigenvalue weighted by Crippen LogP contribution is 2.74. The summed E-state index contributed by atoms with van der Waals surface area (Å²) in [6, 6.07) is 2.21. The van der Waals surface area contributed by atoms with Crippen molar-refractivity contribution in [3.8, 4) is 6.07 Å². The number of carbonyl (C=O) groups is 3. The van der Waals surface area contributed by atoms with Gasteiger partial charge in [0.25, 0.3) is 0 Å². The molecule has 202 valence electrons. The molecule has 0 spiro atoms. The highest BCUT2D eigenvalue weighted by atomic mass is 16.1. The first kappa shape index (κ1) is 26.6. The average molecular weight is 507 g/mol. The predicted molar refractivity (Wildman–Crippen MR) is 143 cm³/mol. The number of Topliss-reactive ketones (excluding diaryl/α,β-unsaturated/α-hetero) is 2. The SMILES string of the molecule is CC(=O)N[C@]12CCC(C)(C)CC1C1C(=O)C[C@@H]3[C@@]4(C)C=C(C#N)C(=O)C(C)(C)[C@@H]4CC[C@@]3(C)[C@]1(C)CC2. The van der Waals surface area contributed by atoms with E-state index in [0.29, 0.717) is 12.2 Å². The zero-order chi connectivity index (χ0) is 27.4. The van der Waals surface area contributed by atoms with Crippen LogP contribution in [0.5, 0.6) is 0 Å². The molecular formula is C32H46N2O3. The molecule has 37 heavy (non-hydrogen) atoms. The van der Waals surface area contributed by atoms with Crippen LogP contribution in [0.2, 0.25) is 0 Å². The van der Waals surface area contributed by atoms with Crippen molar-refractivity contribution in [2.24, 2.45) is 50.7 Å². The van der Waals surface area contributed by atoms with E-state index in [4.69, 9.17) is 0 Å². The lowest BCUT2D eigenvalue weighted by Gasteiger charge is -2.72. The van der Waals surface area contributed by atoms with Gasteiger partial charge >= 0.3 is 0 Å². The van der Waals surface area contributed by atoms with Crippen LogP contribution in [0.25, 0.3) is 0 Å². The Bertz CT molecular complexity index is 1140. The third-order valence-electron chi connectivity index (χ3n) is 12.9. The first-order valence-electron chi connectivity index (χ1n) is 14.5. The van der Waals surface area contributed by atoms with Crippen molar-refractivity contribution in [3.05, 3.63) is 11.6 Å². The molecule has 4 saturated carbocycles. The number of nitriles is 1. The van der Waals surface area contributed by atoms with Crippen LogP contribution in [0.3, 0.4) is 0 Å². The molecule has 0 radical (unpaired) electrons. The molecule has 5 aliphatic rings. The van der Waals surface area contributed by atoms with Crippen molar-refractivity contribution in [1.82, 2.24) is 5.32 Å². The molecule has 5 heteroatoms. The van der Waals surface area contributed by atoms with Gasteiger partial charge in [-0.3, -0.25) is 14.4 Å². The number of carbonyl (C=O) groups excluding carboxylic acids is 3. The van der Waals surface area contributed by atoms with Crippen molar-refractivity contribution in [2.75, 3.05) is 0 Å². The molecular weight excluding hydrogens is 460 g/mol. The predicted octanol–water partition coefficient (Wildman–Crippen LogP) is 6.17. The van der Waals surface area contributed by atoms with Crippen LogP contribution >= 0.6 is 0 Å². The number of hydrogen-bond donors (Lipinski definition) is 1. The zero-order valence-corrected chi connectivity index (χ0v) is 24.2. The zero-order valence-electron chi connectivity index (χ0n) is 24.2. The van der Waals surface area contributed by atoms with Crippen molar-refractivity contribution in [3.63, 3.8) is 0 Å². The normalized spacial score (nSPS) is 47.8. The lowest BCUT2D eigenvalue weighted by atomic mass is 9.32. The number of fused-ring (bicyclic) bond motifs is 7. The summed E-state index contributed by atoms with van der Waals surface area (Å²) in [4.78, 5) is 40.1. The van der Waals surface area contributed by atoms with Gasteiger partial charge in [-0.15, -0.1) is 0 Å². The van der Waals surface area contributed by atoms with Crippen LogP contribution in [-0.2, 0) is 14.4 Å². The molecule has 2 unspecified atom stereocenters. The van der Waals surface area contributed by atoms with Gasteiger partial charge in [0.15, 0.2) is 5.78 Å². The molecule has 0 aromatic carbocycles. The fourth-order valence-corrected chi connectivity index (χ4v) is 10.9. The highest BCUT2D eigenvalue weighted by molar-refractivity contribution is 6.04. The minimum atomic E-state index is -0.614. The van der Waals surface area contributed by atoms with Crippen LogP contribution in [0, 0.1) is 62.1 Å². The Morgan fingerprint density at radius 3 is 2.22 bits per heavy atom. The smallest absolute Gasteiger partial charge is 0.217 e. The van der Waals surface area contributed by atoms with E-state index in [9.17, 15) is 19.6 Å². The molecule has 0 bridgehead atoms. The summed E-state index contributed by atoms with van der Waals surface area (Å²) in [5.41, 5.74) is -1.14. The van der Waals surface area contributed by atoms with Gasteiger partial charge in [0.2, 0.25) is 5.91 Å². The van der Waals surface area contributed by atoms with E-state index in [2.05, 4.69) is 46.0 Å². The van der Waals surface area contributed by atoms with Crippen molar-refractivity contribution in [2.45, 2.75) is 112 Å². The first-order chi connectivity index (χ1) is 17.0. The van der Waals surface area contributed by atoms with E-state index in [1.807, 2.05) is 19.9 Å². The Morgan fingerprint density at radius 1 is 0.946 bits per heavy atom. The molecule has 4 fully saturated rings. The maximum absolute atomic E-state index is 14.5. The van der Waals surface area contributed by atoms with Crippen molar-refractivity contribution < 1.29 is 14.4 Å². The first-order valence-corrected chi connectivity index (χ1v) is 14.5. The van der Waals surface area contributed by atoms with Crippen LogP contribution in [0.4, 0.5) is 0 Å². The Hall–Kier alpha value is -1.96. The van der Waals surface area contributed by atoms with E-state index in [0.717, 1.165) is 44.9 Å². The van der Waals surface area contributed by atoms with Gasteiger partial charge < -0.3 is 5.32 Å². The number of hydrogen-bond acceptors (Lipinski definition) is 4. The number of rotatable bonds is 1. The molecule has 0 aromatic heterocycles. The summed E-state index contributed by atoms with van der Waals surface area (Å²) in [6.07, 6.45) is 9.19. The van der Waals surface area contributed by atoms with E-state index < -0.39 is 5.41 Å². The molecule has 0 aliphatic heterocycles. The van der Waals surface area contributed by atoms with Crippen LogP contribution in [0.1, 0.15) is 107 Å². The van der Waals surface area contributed by atoms with Crippen molar-refractivity contribution in [1.29, 1.82) is 5.26 Å². The lowest BCUT2D eigenvalue weighted by Crippen LogP contribution is -2.72. The van der Waals surface area contributed by atoms with E-state index in [1.54, 1.807) is 6.92 Å². The molecule has 5 nitrogen and oxygen atoms in total. The summed E-state index contributed by atoms with van der Waals surface area (Å²) in [5.74, 6) is 0.576. The molecule has 5 rings (SSSR count). The van der Waals surface area contributed by atoms with Gasteiger partial charge in [0, 0.05) is 30.2 Å². The minimum Gasteiger partial charge on any atom is -0.351 e. The summed E-state index contributed by atoms with van der Waals surface area (Å²) in [7, 11) is 0. The molecule has 0 saturated heterocycles. The number of nitrogens with zero attached hydrogens (tertiary/aromatic N) is 1. The van der Waals surface area contributed by atoms with Gasteiger partial charge in [0.1, 0.15) is 11.9 Å². The quantitative estimate of drug-likeness (QED) is 0.460. The Balaban J connectivity index is 1.63. The Kier molecular flexibility index (Phi) is 5.61. The number of allylic oxidation sites excluding steroid dienone is 2. The molecule has 1 N–H and O–H groups in total. The molecule has 8 atom stereocenters. The molecule has 0 heterocycles. The topological polar surface area (TPSA) is 87.0 Å². The van der Waals surface area contributed by atoms with Gasteiger partial charge in [-0.2, -0.15) is 5.26 Å². The molecule has 5 aliphatic carbocycles. The third kappa shape index (κ3) is 3.36. The van der Waals surface area contributed by atoms with E-state index in [1.165, 1.54) is 0 Å². The second kappa shape index (κ2) is 7.80. The number of amides is 1. The van der Waals surface area contributed by atoms with Gasteiger partial charge in [-0.25, -0.2) is 0 Å². The Labute approximate surface area is 223 Å². The maximum atomic E-state index is 14.5. The monoisotopic (exact) mass is 506 g/mol. The largest absolute Gasteiger partial charge is 0.351 e. The summed E-state index contributed by atoms with van der Waals surface area (Å²) >= 11 is 0. The second-order valence-corrected chi connectivity index (χ2v) is 15.5. The standard InChI is InChI=1S/C32H46N2O3/c1-19(35)34-32-13-11-27(2,3)17-21(32)25-22(36)15-24-29(6)16-20(18-33)26(37)28(4,5)23(29)9-10-30(24,7)31(25,8)12-14-32/h16,21,23-25H,9-15,17H2,1-8H3,(H,34,35)/t21?,23-,24+,25?,29-,30+,31+,32-/m0/s1. The molecule has 1 amide bonds. The Morgan fingerprint density at radius 2 is 1.59 bits per heavy atom. The second-order valence-electron chi connectivity index (χ2n) is 15.5. The highest BCUT2D eigenvalue weighted by Gasteiger charge is 2.72. The van der Waals surface area contributed by atoms with Crippen LogP contribution in [0.15, 0.2) is 11.6 Å². The van der Waals surface area contributed by atoms with Crippen LogP contribution in [-0.4, -0.2) is 23.0 Å². The van der Waals surface area contributed by atoms with Gasteiger partial charge in [0.05, 0.1) is 5.57 Å².